The van der Waals surface area contributed by atoms with Crippen LogP contribution in [0.3, 0.4) is 0 Å². The van der Waals surface area contributed by atoms with Crippen LogP contribution < -0.4 is 20.9 Å². The van der Waals surface area contributed by atoms with Crippen LogP contribution in [0.25, 0.3) is 11.4 Å². The summed E-state index contributed by atoms with van der Waals surface area (Å²) in [6.45, 7) is 9.72. The zero-order chi connectivity index (χ0) is 35.6. The first-order valence-electron chi connectivity index (χ1n) is 15.2. The lowest BCUT2D eigenvalue weighted by Crippen LogP contribution is -2.29. The molecule has 0 saturated carbocycles. The highest BCUT2D eigenvalue weighted by Gasteiger charge is 2.22. The van der Waals surface area contributed by atoms with E-state index < -0.39 is 17.6 Å². The number of carbonyl (C=O) groups excluding carboxylic acids is 1. The number of carbonyl (C=O) groups is 2. The number of hydrogen-bond donors (Lipinski definition) is 4. The lowest BCUT2D eigenvalue weighted by atomic mass is 9.92. The highest BCUT2D eigenvalue weighted by atomic mass is 35.5. The molecule has 5 aromatic rings. The van der Waals surface area contributed by atoms with Crippen LogP contribution in [-0.4, -0.2) is 36.6 Å². The van der Waals surface area contributed by atoms with E-state index in [-0.39, 0.29) is 45.7 Å². The number of carboxylic acids is 1. The number of nitrogens with one attached hydrogen (secondary N) is 2. The van der Waals surface area contributed by atoms with Gasteiger partial charge in [-0.3, -0.25) is 14.7 Å². The van der Waals surface area contributed by atoms with Gasteiger partial charge in [-0.25, -0.2) is 14.3 Å². The average Bonchev–Trinajstić information content (AvgIpc) is 3.48. The van der Waals surface area contributed by atoms with Crippen molar-refractivity contribution in [2.75, 3.05) is 5.32 Å². The van der Waals surface area contributed by atoms with E-state index in [1.54, 1.807) is 48.9 Å². The SMILES string of the molecule is Cc1ccc(C(=O)O)cc1-n1c(C)cc(OCc2ccccc2CNC(=O)Nc2cc(C(C)(C)C)nn2-c2ccc(O)c(Cl)c2)c(Cl)c1=O. The van der Waals surface area contributed by atoms with Gasteiger partial charge < -0.3 is 20.3 Å². The predicted octanol–water partition coefficient (Wildman–Crippen LogP) is 7.55. The number of aryl methyl sites for hydroxylation is 2. The highest BCUT2D eigenvalue weighted by Crippen LogP contribution is 2.30. The number of aromatic carboxylic acids is 1. The first-order chi connectivity index (χ1) is 23.1. The van der Waals surface area contributed by atoms with Crippen molar-refractivity contribution in [1.29, 1.82) is 0 Å². The van der Waals surface area contributed by atoms with Gasteiger partial charge in [0.15, 0.2) is 0 Å². The Bertz CT molecular complexity index is 2130. The van der Waals surface area contributed by atoms with E-state index in [2.05, 4.69) is 15.7 Å². The lowest BCUT2D eigenvalue weighted by molar-refractivity contribution is 0.0696. The van der Waals surface area contributed by atoms with Gasteiger partial charge in [0.2, 0.25) is 0 Å². The molecule has 3 aromatic carbocycles. The quantitative estimate of drug-likeness (QED) is 0.124. The molecule has 0 unspecified atom stereocenters. The van der Waals surface area contributed by atoms with Crippen LogP contribution in [0.15, 0.2) is 77.6 Å². The minimum atomic E-state index is -1.11. The standard InChI is InChI=1S/C36H35Cl2N5O6/c1-20-10-11-22(34(46)47)15-27(20)42-21(2)14-29(32(38)33(42)45)49-19-24-9-7-6-8-23(24)18-39-35(48)40-31-17-30(36(3,4)5)41-43(31)25-12-13-28(44)26(37)16-25/h6-17,44H,18-19H2,1-5H3,(H,46,47)(H2,39,40,48). The minimum Gasteiger partial charge on any atom is -0.506 e. The molecule has 0 radical (unpaired) electrons. The Morgan fingerprint density at radius 2 is 1.67 bits per heavy atom. The molecule has 0 saturated heterocycles. The summed E-state index contributed by atoms with van der Waals surface area (Å²) in [5.41, 5.74) is 3.63. The smallest absolute Gasteiger partial charge is 0.335 e. The first kappa shape index (κ1) is 35.1. The number of aromatic hydroxyl groups is 1. The second-order valence-electron chi connectivity index (χ2n) is 12.5. The normalized spacial score (nSPS) is 11.3. The zero-order valence-electron chi connectivity index (χ0n) is 27.5. The monoisotopic (exact) mass is 703 g/mol. The molecule has 5 rings (SSSR count). The number of benzene rings is 3. The number of phenolic OH excluding ortho intramolecular Hbond substituents is 1. The van der Waals surface area contributed by atoms with Crippen molar-refractivity contribution in [2.45, 2.75) is 53.2 Å². The minimum absolute atomic E-state index is 0.0461. The highest BCUT2D eigenvalue weighted by molar-refractivity contribution is 6.32. The molecule has 4 N–H and O–H groups in total. The maximum absolute atomic E-state index is 13.4. The van der Waals surface area contributed by atoms with Crippen LogP contribution in [0.4, 0.5) is 10.6 Å². The number of aromatic nitrogens is 3. The fraction of sp³-hybridized carbons (Fsp3) is 0.222. The van der Waals surface area contributed by atoms with Crippen LogP contribution in [-0.2, 0) is 18.6 Å². The molecule has 254 valence electrons. The van der Waals surface area contributed by atoms with Crippen molar-refractivity contribution in [3.63, 3.8) is 0 Å². The second kappa shape index (κ2) is 14.1. The number of pyridine rings is 1. The Kier molecular flexibility index (Phi) is 10.1. The molecule has 0 bridgehead atoms. The Hall–Kier alpha value is -5.26. The molecule has 0 fully saturated rings. The fourth-order valence-corrected chi connectivity index (χ4v) is 5.46. The van der Waals surface area contributed by atoms with Gasteiger partial charge in [0.25, 0.3) is 5.56 Å². The number of carboxylic acid groups (broad SMARTS) is 1. The van der Waals surface area contributed by atoms with E-state index in [0.29, 0.717) is 28.5 Å². The van der Waals surface area contributed by atoms with Gasteiger partial charge in [-0.2, -0.15) is 5.10 Å². The van der Waals surface area contributed by atoms with E-state index in [1.807, 2.05) is 45.0 Å². The van der Waals surface area contributed by atoms with Gasteiger partial charge in [-0.15, -0.1) is 0 Å². The van der Waals surface area contributed by atoms with Crippen molar-refractivity contribution in [3.8, 4) is 22.9 Å². The van der Waals surface area contributed by atoms with Gasteiger partial charge in [-0.1, -0.05) is 74.3 Å². The summed E-state index contributed by atoms with van der Waals surface area (Å²) < 4.78 is 8.93. The first-order valence-corrected chi connectivity index (χ1v) is 16.0. The van der Waals surface area contributed by atoms with Gasteiger partial charge in [-0.05, 0) is 60.9 Å². The van der Waals surface area contributed by atoms with Gasteiger partial charge in [0, 0.05) is 29.8 Å². The lowest BCUT2D eigenvalue weighted by Gasteiger charge is -2.17. The molecule has 0 spiro atoms. The van der Waals surface area contributed by atoms with Gasteiger partial charge in [0.1, 0.15) is 28.9 Å². The summed E-state index contributed by atoms with van der Waals surface area (Å²) >= 11 is 12.6. The third-order valence-electron chi connectivity index (χ3n) is 7.83. The molecule has 0 atom stereocenters. The number of halogens is 2. The number of ether oxygens (including phenoxy) is 1. The van der Waals surface area contributed by atoms with E-state index in [0.717, 1.165) is 16.8 Å². The van der Waals surface area contributed by atoms with Crippen LogP contribution in [0.5, 0.6) is 11.5 Å². The van der Waals surface area contributed by atoms with Gasteiger partial charge in [0.05, 0.1) is 27.7 Å². The molecule has 49 heavy (non-hydrogen) atoms. The second-order valence-corrected chi connectivity index (χ2v) is 13.3. The topological polar surface area (TPSA) is 148 Å². The number of nitrogens with zero attached hydrogens (tertiary/aromatic N) is 3. The number of amides is 2. The molecule has 0 aliphatic rings. The van der Waals surface area contributed by atoms with Crippen LogP contribution in [0, 0.1) is 13.8 Å². The molecular weight excluding hydrogens is 669 g/mol. The van der Waals surface area contributed by atoms with Crippen LogP contribution in [0.2, 0.25) is 10.0 Å². The van der Waals surface area contributed by atoms with Crippen molar-refractivity contribution in [3.05, 3.63) is 127 Å². The molecule has 13 heteroatoms. The van der Waals surface area contributed by atoms with E-state index in [4.69, 9.17) is 27.9 Å². The largest absolute Gasteiger partial charge is 0.506 e. The summed E-state index contributed by atoms with van der Waals surface area (Å²) in [7, 11) is 0. The summed E-state index contributed by atoms with van der Waals surface area (Å²) in [5.74, 6) is -0.594. The summed E-state index contributed by atoms with van der Waals surface area (Å²) in [4.78, 5) is 38.1. The molecule has 2 heterocycles. The van der Waals surface area contributed by atoms with Gasteiger partial charge >= 0.3 is 12.0 Å². The Balaban J connectivity index is 1.31. The van der Waals surface area contributed by atoms with E-state index in [9.17, 15) is 24.6 Å². The fourth-order valence-electron chi connectivity index (χ4n) is 5.09. The van der Waals surface area contributed by atoms with E-state index in [1.165, 1.54) is 22.8 Å². The molecule has 0 aliphatic carbocycles. The Morgan fingerprint density at radius 3 is 2.35 bits per heavy atom. The van der Waals surface area contributed by atoms with Crippen molar-refractivity contribution >= 4 is 41.0 Å². The summed E-state index contributed by atoms with van der Waals surface area (Å²) in [5, 5.41) is 29.7. The molecule has 0 aliphatic heterocycles. The number of urea groups is 1. The number of rotatable bonds is 9. The van der Waals surface area contributed by atoms with Crippen molar-refractivity contribution < 1.29 is 24.5 Å². The maximum Gasteiger partial charge on any atom is 0.335 e. The van der Waals surface area contributed by atoms with Crippen molar-refractivity contribution in [1.82, 2.24) is 19.7 Å². The Labute approximate surface area is 292 Å². The maximum atomic E-state index is 13.4. The zero-order valence-corrected chi connectivity index (χ0v) is 29.0. The van der Waals surface area contributed by atoms with Crippen molar-refractivity contribution in [2.24, 2.45) is 0 Å². The third kappa shape index (κ3) is 7.74. The molecular formula is C36H35Cl2N5O6. The third-order valence-corrected chi connectivity index (χ3v) is 8.48. The number of hydrogen-bond acceptors (Lipinski definition) is 6. The van der Waals surface area contributed by atoms with Crippen LogP contribution >= 0.6 is 23.2 Å². The summed E-state index contributed by atoms with van der Waals surface area (Å²) in [6.07, 6.45) is 0. The number of anilines is 1. The number of phenols is 1. The predicted molar refractivity (Wildman–Crippen MR) is 189 cm³/mol. The molecule has 2 aromatic heterocycles. The average molecular weight is 705 g/mol. The van der Waals surface area contributed by atoms with E-state index >= 15 is 0 Å². The Morgan fingerprint density at radius 1 is 0.959 bits per heavy atom. The van der Waals surface area contributed by atoms with Crippen LogP contribution in [0.1, 0.15) is 59.2 Å². The molecule has 11 nitrogen and oxygen atoms in total. The summed E-state index contributed by atoms with van der Waals surface area (Å²) in [6, 6.07) is 19.5. The molecule has 2 amide bonds.